The van der Waals surface area contributed by atoms with Gasteiger partial charge in [-0.1, -0.05) is 116 Å². The molecule has 0 radical (unpaired) electrons. The molecule has 0 amide bonds. The lowest BCUT2D eigenvalue weighted by atomic mass is 9.95. The van der Waals surface area contributed by atoms with Crippen LogP contribution in [0.2, 0.25) is 13.1 Å². The molecule has 0 saturated heterocycles. The van der Waals surface area contributed by atoms with E-state index in [9.17, 15) is 0 Å². The van der Waals surface area contributed by atoms with Gasteiger partial charge in [0, 0.05) is 0 Å². The van der Waals surface area contributed by atoms with Crippen molar-refractivity contribution in [3.63, 3.8) is 0 Å². The van der Waals surface area contributed by atoms with Gasteiger partial charge in [-0.3, -0.25) is 0 Å². The van der Waals surface area contributed by atoms with Crippen LogP contribution in [0.25, 0.3) is 10.4 Å². The van der Waals surface area contributed by atoms with Crippen LogP contribution in [-0.4, -0.2) is 8.07 Å². The zero-order valence-corrected chi connectivity index (χ0v) is 23.7. The van der Waals surface area contributed by atoms with Gasteiger partial charge >= 0.3 is 0 Å². The molecule has 33 heavy (non-hydrogen) atoms. The number of benzene rings is 2. The zero-order chi connectivity index (χ0) is 24.2. The largest absolute Gasteiger partial charge is 0.113 e. The minimum absolute atomic E-state index is 0.548. The second-order valence-electron chi connectivity index (χ2n) is 12.2. The van der Waals surface area contributed by atoms with Gasteiger partial charge < -0.3 is 0 Å². The first-order valence-corrected chi connectivity index (χ1v) is 16.2. The molecule has 0 fully saturated rings. The standard InChI is InChI=1S/C32H44Si/c1-19(2)25-15-11-13-23-17-27(21(5)6)31(29(23)25)33(9,10)32-28(22(7)8)18-24-14-12-16-26(20(3)4)30(24)32/h11-16,19-22H,17-18H2,1-10H3. The van der Waals surface area contributed by atoms with Crippen LogP contribution in [0.4, 0.5) is 0 Å². The first kappa shape index (κ1) is 24.3. The average Bonchev–Trinajstić information content (AvgIpc) is 3.33. The monoisotopic (exact) mass is 456 g/mol. The van der Waals surface area contributed by atoms with Crippen LogP contribution in [0.1, 0.15) is 101 Å². The average molecular weight is 457 g/mol. The second-order valence-corrected chi connectivity index (χ2v) is 16.4. The molecule has 2 aromatic carbocycles. The fraction of sp³-hybridized carbons (Fsp3) is 0.500. The van der Waals surface area contributed by atoms with Crippen molar-refractivity contribution in [1.82, 2.24) is 0 Å². The molecule has 0 nitrogen and oxygen atoms in total. The lowest BCUT2D eigenvalue weighted by Crippen LogP contribution is -2.33. The number of fused-ring (bicyclic) bond motifs is 2. The van der Waals surface area contributed by atoms with Crippen molar-refractivity contribution in [3.05, 3.63) is 80.9 Å². The summed E-state index contributed by atoms with van der Waals surface area (Å²) in [5.74, 6) is 2.27. The molecule has 0 N–H and O–H groups in total. The topological polar surface area (TPSA) is 0 Å². The van der Waals surface area contributed by atoms with Gasteiger partial charge in [0.25, 0.3) is 0 Å². The molecule has 4 rings (SSSR count). The fourth-order valence-electron chi connectivity index (χ4n) is 6.55. The summed E-state index contributed by atoms with van der Waals surface area (Å²) < 4.78 is 0. The number of hydrogen-bond donors (Lipinski definition) is 0. The SMILES string of the molecule is CC(C)C1=C([Si](C)(C)C2=C(C(C)C)Cc3cccc(C(C)C)c32)c2c(cccc2C(C)C)C1. The van der Waals surface area contributed by atoms with Gasteiger partial charge in [-0.2, -0.15) is 0 Å². The van der Waals surface area contributed by atoms with E-state index in [1.807, 2.05) is 0 Å². The Kier molecular flexibility index (Phi) is 6.42. The summed E-state index contributed by atoms with van der Waals surface area (Å²) in [6, 6.07) is 14.2. The Bertz CT molecular complexity index is 1050. The molecule has 2 aliphatic carbocycles. The highest BCUT2D eigenvalue weighted by Gasteiger charge is 2.44. The van der Waals surface area contributed by atoms with Crippen LogP contribution in [0.3, 0.4) is 0 Å². The minimum Gasteiger partial charge on any atom is -0.0630 e. The van der Waals surface area contributed by atoms with E-state index in [1.165, 1.54) is 0 Å². The quantitative estimate of drug-likeness (QED) is 0.380. The predicted molar refractivity (Wildman–Crippen MR) is 149 cm³/mol. The van der Waals surface area contributed by atoms with Crippen LogP contribution < -0.4 is 0 Å². The third-order valence-electron chi connectivity index (χ3n) is 8.16. The summed E-state index contributed by atoms with van der Waals surface area (Å²) in [7, 11) is -1.99. The van der Waals surface area contributed by atoms with Gasteiger partial charge in [0.2, 0.25) is 0 Å². The van der Waals surface area contributed by atoms with Crippen molar-refractivity contribution in [2.24, 2.45) is 11.8 Å². The van der Waals surface area contributed by atoms with E-state index in [0.29, 0.717) is 23.7 Å². The van der Waals surface area contributed by atoms with Crippen LogP contribution >= 0.6 is 0 Å². The van der Waals surface area contributed by atoms with Crippen LogP contribution in [0.5, 0.6) is 0 Å². The van der Waals surface area contributed by atoms with Crippen molar-refractivity contribution < 1.29 is 0 Å². The third-order valence-corrected chi connectivity index (χ3v) is 11.8. The van der Waals surface area contributed by atoms with E-state index in [0.717, 1.165) is 12.8 Å². The van der Waals surface area contributed by atoms with Gasteiger partial charge in [-0.15, -0.1) is 0 Å². The molecular formula is C32H44Si. The molecule has 176 valence electrons. The number of hydrogen-bond acceptors (Lipinski definition) is 0. The van der Waals surface area contributed by atoms with E-state index < -0.39 is 8.07 Å². The van der Waals surface area contributed by atoms with E-state index in [2.05, 4.69) is 105 Å². The van der Waals surface area contributed by atoms with Crippen molar-refractivity contribution in [1.29, 1.82) is 0 Å². The first-order valence-electron chi connectivity index (χ1n) is 13.2. The summed E-state index contributed by atoms with van der Waals surface area (Å²) in [5, 5.41) is 3.52. The molecule has 0 spiro atoms. The molecule has 2 aromatic rings. The van der Waals surface area contributed by atoms with E-state index in [4.69, 9.17) is 0 Å². The van der Waals surface area contributed by atoms with Crippen molar-refractivity contribution in [2.45, 2.75) is 93.2 Å². The molecule has 0 aliphatic heterocycles. The van der Waals surface area contributed by atoms with Crippen LogP contribution in [0, 0.1) is 11.8 Å². The highest BCUT2D eigenvalue weighted by Crippen LogP contribution is 2.53. The molecule has 0 unspecified atom stereocenters. The van der Waals surface area contributed by atoms with Gasteiger partial charge in [-0.05, 0) is 80.3 Å². The summed E-state index contributed by atoms with van der Waals surface area (Å²) in [4.78, 5) is 0. The highest BCUT2D eigenvalue weighted by molar-refractivity contribution is 7.09. The Morgan fingerprint density at radius 3 is 1.21 bits per heavy atom. The lowest BCUT2D eigenvalue weighted by Gasteiger charge is -2.34. The Morgan fingerprint density at radius 1 is 0.545 bits per heavy atom. The zero-order valence-electron chi connectivity index (χ0n) is 22.7. The Balaban J connectivity index is 2.05. The fourth-order valence-corrected chi connectivity index (χ4v) is 11.0. The maximum Gasteiger partial charge on any atom is 0.113 e. The summed E-state index contributed by atoms with van der Waals surface area (Å²) in [5.41, 5.74) is 12.9. The number of rotatable bonds is 6. The predicted octanol–water partition coefficient (Wildman–Crippen LogP) is 9.35. The summed E-state index contributed by atoms with van der Waals surface area (Å²) >= 11 is 0. The smallest absolute Gasteiger partial charge is 0.0630 e. The molecular weight excluding hydrogens is 412 g/mol. The van der Waals surface area contributed by atoms with E-state index in [-0.39, 0.29) is 0 Å². The maximum absolute atomic E-state index is 2.67. The molecule has 2 aliphatic rings. The van der Waals surface area contributed by atoms with E-state index >= 15 is 0 Å². The van der Waals surface area contributed by atoms with Gasteiger partial charge in [0.1, 0.15) is 8.07 Å². The molecule has 0 heterocycles. The third kappa shape index (κ3) is 3.91. The molecule has 1 heteroatoms. The van der Waals surface area contributed by atoms with Gasteiger partial charge in [0.05, 0.1) is 0 Å². The Labute approximate surface area is 204 Å². The minimum atomic E-state index is -1.99. The lowest BCUT2D eigenvalue weighted by molar-refractivity contribution is 0.752. The van der Waals surface area contributed by atoms with Crippen molar-refractivity contribution in [3.8, 4) is 0 Å². The van der Waals surface area contributed by atoms with Gasteiger partial charge in [-0.25, -0.2) is 0 Å². The molecule has 0 atom stereocenters. The Hall–Kier alpha value is -1.86. The Morgan fingerprint density at radius 2 is 0.909 bits per heavy atom. The first-order chi connectivity index (χ1) is 15.5. The summed E-state index contributed by atoms with van der Waals surface area (Å²) in [6.07, 6.45) is 2.28. The highest BCUT2D eigenvalue weighted by atomic mass is 28.3. The second kappa shape index (κ2) is 8.73. The summed E-state index contributed by atoms with van der Waals surface area (Å²) in [6.45, 7) is 24.5. The van der Waals surface area contributed by atoms with Crippen LogP contribution in [-0.2, 0) is 12.8 Å². The van der Waals surface area contributed by atoms with E-state index in [1.54, 1.807) is 54.9 Å². The van der Waals surface area contributed by atoms with Crippen LogP contribution in [0.15, 0.2) is 47.5 Å². The number of allylic oxidation sites excluding steroid dienone is 2. The maximum atomic E-state index is 2.67. The van der Waals surface area contributed by atoms with Gasteiger partial charge in [0.15, 0.2) is 0 Å². The molecule has 0 bridgehead atoms. The molecule has 0 saturated carbocycles. The molecule has 0 aromatic heterocycles. The van der Waals surface area contributed by atoms with Crippen molar-refractivity contribution in [2.75, 3.05) is 0 Å². The normalized spacial score (nSPS) is 16.2. The van der Waals surface area contributed by atoms with Crippen molar-refractivity contribution >= 4 is 18.5 Å².